The number of rotatable bonds is 5. The van der Waals surface area contributed by atoms with E-state index in [4.69, 9.17) is 10.5 Å². The molecule has 1 fully saturated rings. The molecule has 9 heteroatoms. The lowest BCUT2D eigenvalue weighted by atomic mass is 9.97. The quantitative estimate of drug-likeness (QED) is 0.750. The summed E-state index contributed by atoms with van der Waals surface area (Å²) in [6, 6.07) is 14.4. The molecule has 0 bridgehead atoms. The van der Waals surface area contributed by atoms with E-state index < -0.39 is 6.03 Å². The van der Waals surface area contributed by atoms with Gasteiger partial charge in [0.1, 0.15) is 5.75 Å². The Morgan fingerprint density at radius 2 is 1.81 bits per heavy atom. The van der Waals surface area contributed by atoms with Gasteiger partial charge in [-0.05, 0) is 30.8 Å². The molecular formula is C22H27N7O2. The maximum absolute atomic E-state index is 12.0. The molecule has 2 aliphatic heterocycles. The normalized spacial score (nSPS) is 19.7. The first-order valence-corrected chi connectivity index (χ1v) is 10.3. The van der Waals surface area contributed by atoms with Crippen LogP contribution in [0, 0.1) is 0 Å². The van der Waals surface area contributed by atoms with Crippen LogP contribution in [0.5, 0.6) is 5.75 Å². The van der Waals surface area contributed by atoms with Crippen LogP contribution in [0.1, 0.15) is 23.6 Å². The Balaban J connectivity index is 1.49. The number of nitrogens with two attached hydrogens (primary N) is 1. The van der Waals surface area contributed by atoms with E-state index in [2.05, 4.69) is 27.4 Å². The van der Waals surface area contributed by atoms with Gasteiger partial charge in [0, 0.05) is 25.1 Å². The lowest BCUT2D eigenvalue weighted by Gasteiger charge is -2.29. The van der Waals surface area contributed by atoms with Crippen LogP contribution in [-0.2, 0) is 0 Å². The average Bonchev–Trinajstić information content (AvgIpc) is 3.25. The van der Waals surface area contributed by atoms with Crippen LogP contribution in [0.4, 0.5) is 10.5 Å². The summed E-state index contributed by atoms with van der Waals surface area (Å²) < 4.78 is 5.47. The molecule has 9 nitrogen and oxygen atoms in total. The molecule has 2 amide bonds. The monoisotopic (exact) mass is 421 g/mol. The van der Waals surface area contributed by atoms with E-state index in [0.29, 0.717) is 12.2 Å². The topological polar surface area (TPSA) is 99.1 Å². The third-order valence-electron chi connectivity index (χ3n) is 5.60. The number of benzene rings is 2. The van der Waals surface area contributed by atoms with Crippen LogP contribution in [-0.4, -0.2) is 67.0 Å². The second kappa shape index (κ2) is 9.13. The predicted octanol–water partition coefficient (Wildman–Crippen LogP) is 3.17. The van der Waals surface area contributed by atoms with Gasteiger partial charge in [0.15, 0.2) is 0 Å². The standard InChI is InChI=1S/C22H27N7O2/c1-27-11-13-28(14-12-27)26-24-17-9-7-16(8-10-17)19-15-20(29(25-19)22(23)30)18-5-3-4-6-21(18)31-2/h3-10,20H,11-15H2,1-2H3,(H2,23,30). The number of ether oxygens (including phenoxy) is 1. The van der Waals surface area contributed by atoms with Gasteiger partial charge >= 0.3 is 6.03 Å². The number of hydrogen-bond acceptors (Lipinski definition) is 6. The summed E-state index contributed by atoms with van der Waals surface area (Å²) in [6.45, 7) is 3.73. The molecule has 0 radical (unpaired) electrons. The molecule has 0 aromatic heterocycles. The molecule has 4 rings (SSSR count). The number of likely N-dealkylation sites (N-methyl/N-ethyl adjacent to an activating group) is 1. The maximum atomic E-state index is 12.0. The van der Waals surface area contributed by atoms with Gasteiger partial charge < -0.3 is 15.4 Å². The van der Waals surface area contributed by atoms with Crippen molar-refractivity contribution in [3.63, 3.8) is 0 Å². The highest BCUT2D eigenvalue weighted by atomic mass is 16.5. The fraction of sp³-hybridized carbons (Fsp3) is 0.364. The summed E-state index contributed by atoms with van der Waals surface area (Å²) in [5, 5.41) is 16.5. The summed E-state index contributed by atoms with van der Waals surface area (Å²) in [5.41, 5.74) is 8.96. The van der Waals surface area contributed by atoms with Crippen LogP contribution < -0.4 is 10.5 Å². The molecular weight excluding hydrogens is 394 g/mol. The molecule has 2 aromatic carbocycles. The van der Waals surface area contributed by atoms with Gasteiger partial charge in [-0.2, -0.15) is 5.10 Å². The minimum atomic E-state index is -0.594. The first kappa shape index (κ1) is 20.8. The van der Waals surface area contributed by atoms with Gasteiger partial charge in [-0.1, -0.05) is 35.6 Å². The number of para-hydroxylation sites is 1. The van der Waals surface area contributed by atoms with Crippen molar-refractivity contribution in [2.24, 2.45) is 21.2 Å². The smallest absolute Gasteiger partial charge is 0.335 e. The van der Waals surface area contributed by atoms with Gasteiger partial charge in [-0.15, -0.1) is 5.11 Å². The summed E-state index contributed by atoms with van der Waals surface area (Å²) in [4.78, 5) is 14.3. The first-order chi connectivity index (χ1) is 15.0. The molecule has 0 aliphatic carbocycles. The van der Waals surface area contributed by atoms with Crippen LogP contribution in [0.15, 0.2) is 64.0 Å². The molecule has 0 spiro atoms. The molecule has 2 aromatic rings. The van der Waals surface area contributed by atoms with E-state index in [1.54, 1.807) is 7.11 Å². The van der Waals surface area contributed by atoms with E-state index in [1.807, 2.05) is 53.5 Å². The Bertz CT molecular complexity index is 982. The van der Waals surface area contributed by atoms with Crippen molar-refractivity contribution >= 4 is 17.4 Å². The van der Waals surface area contributed by atoms with Crippen molar-refractivity contribution in [3.05, 3.63) is 59.7 Å². The van der Waals surface area contributed by atoms with E-state index in [9.17, 15) is 4.79 Å². The van der Waals surface area contributed by atoms with Crippen LogP contribution in [0.2, 0.25) is 0 Å². The third kappa shape index (κ3) is 4.66. The van der Waals surface area contributed by atoms with Gasteiger partial charge in [0.05, 0.1) is 37.6 Å². The molecule has 31 heavy (non-hydrogen) atoms. The highest BCUT2D eigenvalue weighted by Crippen LogP contribution is 2.37. The van der Waals surface area contributed by atoms with Crippen LogP contribution in [0.25, 0.3) is 0 Å². The minimum absolute atomic E-state index is 0.305. The van der Waals surface area contributed by atoms with Crippen molar-refractivity contribution in [2.75, 3.05) is 40.3 Å². The van der Waals surface area contributed by atoms with Crippen molar-refractivity contribution in [2.45, 2.75) is 12.5 Å². The Morgan fingerprint density at radius 3 is 2.48 bits per heavy atom. The van der Waals surface area contributed by atoms with Gasteiger partial charge in [0.25, 0.3) is 0 Å². The van der Waals surface area contributed by atoms with Crippen molar-refractivity contribution < 1.29 is 9.53 Å². The second-order valence-corrected chi connectivity index (χ2v) is 7.68. The molecule has 1 unspecified atom stereocenters. The first-order valence-electron chi connectivity index (χ1n) is 10.3. The summed E-state index contributed by atoms with van der Waals surface area (Å²) in [6.07, 6.45) is 0.547. The summed E-state index contributed by atoms with van der Waals surface area (Å²) in [7, 11) is 3.72. The van der Waals surface area contributed by atoms with E-state index in [0.717, 1.165) is 48.7 Å². The van der Waals surface area contributed by atoms with Crippen molar-refractivity contribution in [1.29, 1.82) is 0 Å². The maximum Gasteiger partial charge on any atom is 0.335 e. The van der Waals surface area contributed by atoms with Crippen molar-refractivity contribution in [1.82, 2.24) is 14.9 Å². The number of urea groups is 1. The number of methoxy groups -OCH3 is 1. The largest absolute Gasteiger partial charge is 0.496 e. The van der Waals surface area contributed by atoms with Crippen molar-refractivity contribution in [3.8, 4) is 5.75 Å². The molecule has 1 atom stereocenters. The fourth-order valence-electron chi connectivity index (χ4n) is 3.79. The minimum Gasteiger partial charge on any atom is -0.496 e. The number of carbonyl (C=O) groups excluding carboxylic acids is 1. The third-order valence-corrected chi connectivity index (χ3v) is 5.60. The Kier molecular flexibility index (Phi) is 6.13. The highest BCUT2D eigenvalue weighted by Gasteiger charge is 2.33. The number of nitrogens with zero attached hydrogens (tertiary/aromatic N) is 6. The zero-order valence-electron chi connectivity index (χ0n) is 17.8. The zero-order valence-corrected chi connectivity index (χ0v) is 17.8. The highest BCUT2D eigenvalue weighted by molar-refractivity contribution is 6.03. The molecule has 1 saturated heterocycles. The molecule has 0 saturated carbocycles. The number of carbonyl (C=O) groups is 1. The molecule has 162 valence electrons. The number of amides is 2. The fourth-order valence-corrected chi connectivity index (χ4v) is 3.79. The second-order valence-electron chi connectivity index (χ2n) is 7.68. The predicted molar refractivity (Wildman–Crippen MR) is 118 cm³/mol. The van der Waals surface area contributed by atoms with E-state index in [-0.39, 0.29) is 6.04 Å². The van der Waals surface area contributed by atoms with E-state index in [1.165, 1.54) is 5.01 Å². The Hall–Kier alpha value is -3.46. The number of hydrazone groups is 1. The zero-order chi connectivity index (χ0) is 21.8. The van der Waals surface area contributed by atoms with Crippen LogP contribution in [0.3, 0.4) is 0 Å². The van der Waals surface area contributed by atoms with E-state index >= 15 is 0 Å². The SMILES string of the molecule is COc1ccccc1C1CC(c2ccc(N=NN3CCN(C)CC3)cc2)=NN1C(N)=O. The van der Waals surface area contributed by atoms with Gasteiger partial charge in [-0.3, -0.25) is 5.01 Å². The summed E-state index contributed by atoms with van der Waals surface area (Å²) >= 11 is 0. The summed E-state index contributed by atoms with van der Waals surface area (Å²) in [5.74, 6) is 0.704. The molecule has 2 aliphatic rings. The van der Waals surface area contributed by atoms with Crippen LogP contribution >= 0.6 is 0 Å². The lowest BCUT2D eigenvalue weighted by Crippen LogP contribution is -2.41. The number of piperazine rings is 1. The molecule has 2 N–H and O–H groups in total. The average molecular weight is 422 g/mol. The van der Waals surface area contributed by atoms with Gasteiger partial charge in [0.2, 0.25) is 0 Å². The lowest BCUT2D eigenvalue weighted by molar-refractivity contribution is 0.150. The number of hydrogen-bond donors (Lipinski definition) is 1. The molecule has 2 heterocycles. The van der Waals surface area contributed by atoms with Gasteiger partial charge in [-0.25, -0.2) is 9.80 Å². The number of primary amides is 1. The Labute approximate surface area is 181 Å². The Morgan fingerprint density at radius 1 is 1.10 bits per heavy atom.